The van der Waals surface area contributed by atoms with Crippen molar-refractivity contribution in [2.75, 3.05) is 48.5 Å². The van der Waals surface area contributed by atoms with Gasteiger partial charge in [0.05, 0.1) is 17.2 Å². The van der Waals surface area contributed by atoms with E-state index in [1.165, 1.54) is 15.9 Å². The van der Waals surface area contributed by atoms with Gasteiger partial charge in [-0.05, 0) is 73.9 Å². The molecule has 4 aromatic carbocycles. The maximum Gasteiger partial charge on any atom is 0.374 e. The van der Waals surface area contributed by atoms with Gasteiger partial charge in [0.15, 0.2) is 0 Å². The highest BCUT2D eigenvalue weighted by Gasteiger charge is 2.28. The van der Waals surface area contributed by atoms with Gasteiger partial charge in [-0.1, -0.05) is 60.7 Å². The van der Waals surface area contributed by atoms with Gasteiger partial charge in [0.1, 0.15) is 5.58 Å². The van der Waals surface area contributed by atoms with Crippen molar-refractivity contribution >= 4 is 38.3 Å². The fraction of sp³-hybridized carbons (Fsp3) is 0.270. The summed E-state index contributed by atoms with van der Waals surface area (Å²) in [7, 11) is -3.97. The van der Waals surface area contributed by atoms with Gasteiger partial charge in [-0.15, -0.1) is 0 Å². The normalized spacial score (nSPS) is 14.0. The van der Waals surface area contributed by atoms with Crippen LogP contribution in [0.15, 0.2) is 112 Å². The number of anilines is 2. The summed E-state index contributed by atoms with van der Waals surface area (Å²) in [4.78, 5) is 17.4. The number of sulfonamides is 1. The van der Waals surface area contributed by atoms with E-state index in [-0.39, 0.29) is 23.8 Å². The standard InChI is InChI=1S/C37H39N3O5S/c1-3-44-37(41)36-28(2)34-26-33(18-19-35(34)45-36)46(42,43)40(21-20-29-10-6-4-7-11-29)32-16-14-31(15-17-32)39-24-22-38(23-25-39)27-30-12-8-5-9-13-30/h4-19,26H,3,20-25,27H2,1-2H3. The summed E-state index contributed by atoms with van der Waals surface area (Å²) in [5, 5.41) is 0.564. The average molecular weight is 638 g/mol. The zero-order valence-corrected chi connectivity index (χ0v) is 27.1. The van der Waals surface area contributed by atoms with Gasteiger partial charge in [-0.3, -0.25) is 9.21 Å². The van der Waals surface area contributed by atoms with E-state index in [2.05, 4.69) is 34.1 Å². The van der Waals surface area contributed by atoms with Crippen molar-refractivity contribution in [3.63, 3.8) is 0 Å². The third kappa shape index (κ3) is 6.80. The van der Waals surface area contributed by atoms with Gasteiger partial charge in [-0.25, -0.2) is 13.2 Å². The molecule has 1 fully saturated rings. The van der Waals surface area contributed by atoms with E-state index in [0.717, 1.165) is 44.0 Å². The molecule has 9 heteroatoms. The molecule has 2 heterocycles. The van der Waals surface area contributed by atoms with Crippen molar-refractivity contribution in [2.24, 2.45) is 0 Å². The summed E-state index contributed by atoms with van der Waals surface area (Å²) in [6.07, 6.45) is 0.547. The quantitative estimate of drug-likeness (QED) is 0.150. The lowest BCUT2D eigenvalue weighted by Gasteiger charge is -2.36. The van der Waals surface area contributed by atoms with Crippen LogP contribution in [0.1, 0.15) is 34.2 Å². The molecule has 0 amide bonds. The molecule has 0 unspecified atom stereocenters. The number of furan rings is 1. The largest absolute Gasteiger partial charge is 0.460 e. The molecule has 5 aromatic rings. The Morgan fingerprint density at radius 1 is 0.848 bits per heavy atom. The summed E-state index contributed by atoms with van der Waals surface area (Å²) >= 11 is 0. The highest BCUT2D eigenvalue weighted by Crippen LogP contribution is 2.32. The number of esters is 1. The number of hydrogen-bond donors (Lipinski definition) is 0. The minimum atomic E-state index is -3.97. The highest BCUT2D eigenvalue weighted by atomic mass is 32.2. The molecule has 46 heavy (non-hydrogen) atoms. The van der Waals surface area contributed by atoms with Crippen LogP contribution >= 0.6 is 0 Å². The first kappa shape index (κ1) is 31.4. The van der Waals surface area contributed by atoms with Crippen LogP contribution in [0.4, 0.5) is 11.4 Å². The molecular formula is C37H39N3O5S. The van der Waals surface area contributed by atoms with E-state index in [9.17, 15) is 13.2 Å². The monoisotopic (exact) mass is 637 g/mol. The number of hydrogen-bond acceptors (Lipinski definition) is 7. The second kappa shape index (κ2) is 13.8. The Bertz CT molecular complexity index is 1880. The fourth-order valence-electron chi connectivity index (χ4n) is 5.98. The van der Waals surface area contributed by atoms with Gasteiger partial charge in [0.25, 0.3) is 10.0 Å². The first-order valence-corrected chi connectivity index (χ1v) is 17.2. The van der Waals surface area contributed by atoms with Gasteiger partial charge >= 0.3 is 5.97 Å². The van der Waals surface area contributed by atoms with Crippen LogP contribution in [0.3, 0.4) is 0 Å². The summed E-state index contributed by atoms with van der Waals surface area (Å²) in [6, 6.07) is 33.0. The zero-order valence-electron chi connectivity index (χ0n) is 26.3. The Morgan fingerprint density at radius 3 is 2.15 bits per heavy atom. The molecular weight excluding hydrogens is 598 g/mol. The molecule has 1 aliphatic rings. The predicted octanol–water partition coefficient (Wildman–Crippen LogP) is 6.68. The lowest BCUT2D eigenvalue weighted by atomic mass is 10.1. The number of piperazine rings is 1. The first-order valence-electron chi connectivity index (χ1n) is 15.7. The van der Waals surface area contributed by atoms with E-state index in [1.54, 1.807) is 26.0 Å². The van der Waals surface area contributed by atoms with E-state index >= 15 is 0 Å². The molecule has 8 nitrogen and oxygen atoms in total. The molecule has 0 saturated carbocycles. The van der Waals surface area contributed by atoms with Crippen LogP contribution in [-0.4, -0.2) is 58.6 Å². The van der Waals surface area contributed by atoms with E-state index in [1.807, 2.05) is 60.7 Å². The Balaban J connectivity index is 1.24. The van der Waals surface area contributed by atoms with Gasteiger partial charge < -0.3 is 14.1 Å². The fourth-order valence-corrected chi connectivity index (χ4v) is 7.47. The molecule has 0 aliphatic carbocycles. The summed E-state index contributed by atoms with van der Waals surface area (Å²) in [6.45, 7) is 8.61. The summed E-state index contributed by atoms with van der Waals surface area (Å²) in [5.74, 6) is -0.480. The average Bonchev–Trinajstić information content (AvgIpc) is 3.42. The van der Waals surface area contributed by atoms with Crippen LogP contribution < -0.4 is 9.21 Å². The smallest absolute Gasteiger partial charge is 0.374 e. The lowest BCUT2D eigenvalue weighted by Crippen LogP contribution is -2.46. The first-order chi connectivity index (χ1) is 22.3. The Labute approximate surface area is 270 Å². The third-order valence-corrected chi connectivity index (χ3v) is 10.4. The second-order valence-corrected chi connectivity index (χ2v) is 13.4. The molecule has 0 spiro atoms. The maximum absolute atomic E-state index is 14.3. The van der Waals surface area contributed by atoms with Crippen molar-refractivity contribution in [2.45, 2.75) is 31.7 Å². The molecule has 0 atom stereocenters. The van der Waals surface area contributed by atoms with Gasteiger partial charge in [-0.2, -0.15) is 0 Å². The number of ether oxygens (including phenoxy) is 1. The molecule has 238 valence electrons. The lowest BCUT2D eigenvalue weighted by molar-refractivity contribution is 0.0491. The number of aryl methyl sites for hydroxylation is 1. The van der Waals surface area contributed by atoms with E-state index in [0.29, 0.717) is 28.6 Å². The van der Waals surface area contributed by atoms with Crippen molar-refractivity contribution in [3.8, 4) is 0 Å². The Hall–Kier alpha value is -4.60. The molecule has 1 aliphatic heterocycles. The summed E-state index contributed by atoms with van der Waals surface area (Å²) in [5.41, 5.74) is 5.02. The molecule has 0 N–H and O–H groups in total. The van der Waals surface area contributed by atoms with Crippen LogP contribution in [0.2, 0.25) is 0 Å². The number of rotatable bonds is 11. The predicted molar refractivity (Wildman–Crippen MR) is 182 cm³/mol. The topological polar surface area (TPSA) is 83.3 Å². The van der Waals surface area contributed by atoms with Crippen LogP contribution in [0.25, 0.3) is 11.0 Å². The van der Waals surface area contributed by atoms with Gasteiger partial charge in [0.2, 0.25) is 5.76 Å². The van der Waals surface area contributed by atoms with E-state index in [4.69, 9.17) is 9.15 Å². The maximum atomic E-state index is 14.3. The molecule has 6 rings (SSSR count). The molecule has 0 bridgehead atoms. The third-order valence-electron chi connectivity index (χ3n) is 8.53. The van der Waals surface area contributed by atoms with Crippen molar-refractivity contribution in [1.29, 1.82) is 0 Å². The number of nitrogens with zero attached hydrogens (tertiary/aromatic N) is 3. The minimum Gasteiger partial charge on any atom is -0.460 e. The van der Waals surface area contributed by atoms with Crippen molar-refractivity contribution < 1.29 is 22.4 Å². The zero-order chi connectivity index (χ0) is 32.1. The number of carbonyl (C=O) groups is 1. The minimum absolute atomic E-state index is 0.0869. The van der Waals surface area contributed by atoms with E-state index < -0.39 is 16.0 Å². The number of fused-ring (bicyclic) bond motifs is 1. The Morgan fingerprint density at radius 2 is 1.50 bits per heavy atom. The SMILES string of the molecule is CCOC(=O)c1oc2ccc(S(=O)(=O)N(CCc3ccccc3)c3ccc(N4CCN(Cc5ccccc5)CC4)cc3)cc2c1C. The van der Waals surface area contributed by atoms with Crippen LogP contribution in [0.5, 0.6) is 0 Å². The summed E-state index contributed by atoms with van der Waals surface area (Å²) < 4.78 is 41.0. The van der Waals surface area contributed by atoms with Crippen molar-refractivity contribution in [1.82, 2.24) is 4.90 Å². The van der Waals surface area contributed by atoms with Crippen molar-refractivity contribution in [3.05, 3.63) is 126 Å². The molecule has 0 radical (unpaired) electrons. The highest BCUT2D eigenvalue weighted by molar-refractivity contribution is 7.92. The number of benzene rings is 4. The van der Waals surface area contributed by atoms with Crippen LogP contribution in [-0.2, 0) is 27.7 Å². The molecule has 1 aromatic heterocycles. The Kier molecular flexibility index (Phi) is 9.42. The molecule has 1 saturated heterocycles. The number of carbonyl (C=O) groups excluding carboxylic acids is 1. The van der Waals surface area contributed by atoms with Gasteiger partial charge in [0, 0.05) is 55.9 Å². The second-order valence-electron chi connectivity index (χ2n) is 11.5. The van der Waals surface area contributed by atoms with Crippen LogP contribution in [0, 0.1) is 6.92 Å².